The molecule has 0 spiro atoms. The van der Waals surface area contributed by atoms with E-state index in [2.05, 4.69) is 4.85 Å². The van der Waals surface area contributed by atoms with Gasteiger partial charge in [-0.2, -0.15) is 0 Å². The van der Waals surface area contributed by atoms with E-state index in [1.54, 1.807) is 18.2 Å². The Bertz CT molecular complexity index is 1020. The standard InChI is InChI=1S/C23H21N3O2/c1-23(2,3)21-14-16(18(15-24)25-4)13-17(27-21)9-8-12-22-26(5)19-10-6-7-11-20(19)28-22/h6-14H,1-3,5H3. The Hall–Kier alpha value is -3.70. The van der Waals surface area contributed by atoms with Gasteiger partial charge in [-0.05, 0) is 42.0 Å². The number of nitrogens with zero attached hydrogens (tertiary/aromatic N) is 3. The van der Waals surface area contributed by atoms with Gasteiger partial charge >= 0.3 is 0 Å². The summed E-state index contributed by atoms with van der Waals surface area (Å²) in [6.07, 6.45) is 8.94. The fourth-order valence-electron chi connectivity index (χ4n) is 2.76. The van der Waals surface area contributed by atoms with Crippen LogP contribution >= 0.6 is 0 Å². The highest BCUT2D eigenvalue weighted by atomic mass is 16.5. The van der Waals surface area contributed by atoms with Gasteiger partial charge in [-0.25, -0.2) is 10.1 Å². The molecule has 5 nitrogen and oxygen atoms in total. The Labute approximate surface area is 165 Å². The van der Waals surface area contributed by atoms with Crippen LogP contribution in [0.1, 0.15) is 20.8 Å². The number of rotatable bonds is 2. The van der Waals surface area contributed by atoms with Crippen LogP contribution in [-0.4, -0.2) is 7.05 Å². The quantitative estimate of drug-likeness (QED) is 0.512. The number of hydrogen-bond donors (Lipinski definition) is 0. The molecule has 0 saturated carbocycles. The van der Waals surface area contributed by atoms with Crippen molar-refractivity contribution in [3.05, 3.63) is 94.7 Å². The molecule has 2 aliphatic rings. The smallest absolute Gasteiger partial charge is 0.269 e. The highest BCUT2D eigenvalue weighted by molar-refractivity contribution is 5.65. The minimum atomic E-state index is -0.254. The van der Waals surface area contributed by atoms with E-state index in [1.807, 2.05) is 75.2 Å². The van der Waals surface area contributed by atoms with Crippen molar-refractivity contribution in [3.63, 3.8) is 0 Å². The minimum Gasteiger partial charge on any atom is -0.461 e. The molecule has 1 aromatic carbocycles. The summed E-state index contributed by atoms with van der Waals surface area (Å²) in [6.45, 7) is 13.3. The number of fused-ring (bicyclic) bond motifs is 1. The van der Waals surface area contributed by atoms with Crippen LogP contribution in [0, 0.1) is 23.3 Å². The van der Waals surface area contributed by atoms with Crippen molar-refractivity contribution in [2.75, 3.05) is 11.9 Å². The molecule has 0 atom stereocenters. The zero-order chi connectivity index (χ0) is 20.3. The number of para-hydroxylation sites is 2. The van der Waals surface area contributed by atoms with E-state index in [0.29, 0.717) is 23.0 Å². The molecule has 5 heteroatoms. The summed E-state index contributed by atoms with van der Waals surface area (Å²) in [5.41, 5.74) is 1.36. The van der Waals surface area contributed by atoms with Crippen LogP contribution in [0.25, 0.3) is 4.85 Å². The molecule has 0 fully saturated rings. The zero-order valence-corrected chi connectivity index (χ0v) is 16.4. The average Bonchev–Trinajstić information content (AvgIpc) is 2.98. The fourth-order valence-corrected chi connectivity index (χ4v) is 2.76. The highest BCUT2D eigenvalue weighted by Crippen LogP contribution is 2.37. The second-order valence-electron chi connectivity index (χ2n) is 7.43. The summed E-state index contributed by atoms with van der Waals surface area (Å²) in [5, 5.41) is 9.22. The van der Waals surface area contributed by atoms with Crippen LogP contribution in [0.15, 0.2) is 83.3 Å². The van der Waals surface area contributed by atoms with Crippen molar-refractivity contribution in [1.29, 1.82) is 5.26 Å². The lowest BCUT2D eigenvalue weighted by atomic mass is 9.91. The number of allylic oxidation sites excluding steroid dienone is 8. The number of hydrogen-bond acceptors (Lipinski definition) is 4. The van der Waals surface area contributed by atoms with Crippen molar-refractivity contribution in [1.82, 2.24) is 0 Å². The van der Waals surface area contributed by atoms with Gasteiger partial charge in [0.15, 0.2) is 11.6 Å². The number of anilines is 1. The number of nitriles is 1. The second-order valence-corrected chi connectivity index (χ2v) is 7.43. The Morgan fingerprint density at radius 2 is 1.96 bits per heavy atom. The first-order chi connectivity index (χ1) is 13.3. The Morgan fingerprint density at radius 3 is 2.61 bits per heavy atom. The maximum Gasteiger partial charge on any atom is 0.269 e. The predicted molar refractivity (Wildman–Crippen MR) is 109 cm³/mol. The highest BCUT2D eigenvalue weighted by Gasteiger charge is 2.24. The van der Waals surface area contributed by atoms with E-state index in [4.69, 9.17) is 16.0 Å². The Balaban J connectivity index is 1.87. The third-order valence-electron chi connectivity index (χ3n) is 4.31. The third-order valence-corrected chi connectivity index (χ3v) is 4.31. The van der Waals surface area contributed by atoms with E-state index < -0.39 is 0 Å². The molecule has 0 unspecified atom stereocenters. The first-order valence-corrected chi connectivity index (χ1v) is 8.86. The van der Waals surface area contributed by atoms with Gasteiger partial charge in [0, 0.05) is 12.5 Å². The molecular weight excluding hydrogens is 350 g/mol. The predicted octanol–water partition coefficient (Wildman–Crippen LogP) is 5.45. The third kappa shape index (κ3) is 3.84. The topological polar surface area (TPSA) is 49.8 Å². The average molecular weight is 371 g/mol. The van der Waals surface area contributed by atoms with Crippen molar-refractivity contribution >= 4 is 5.69 Å². The molecule has 28 heavy (non-hydrogen) atoms. The van der Waals surface area contributed by atoms with Crippen LogP contribution < -0.4 is 9.64 Å². The monoisotopic (exact) mass is 371 g/mol. The zero-order valence-electron chi connectivity index (χ0n) is 16.4. The van der Waals surface area contributed by atoms with Crippen molar-refractivity contribution < 1.29 is 9.47 Å². The lowest BCUT2D eigenvalue weighted by Crippen LogP contribution is -2.15. The summed E-state index contributed by atoms with van der Waals surface area (Å²) in [6, 6.07) is 9.78. The van der Waals surface area contributed by atoms with E-state index in [1.165, 1.54) is 0 Å². The van der Waals surface area contributed by atoms with Crippen molar-refractivity contribution in [2.24, 2.45) is 5.41 Å². The van der Waals surface area contributed by atoms with Crippen molar-refractivity contribution in [3.8, 4) is 11.8 Å². The van der Waals surface area contributed by atoms with Gasteiger partial charge in [-0.1, -0.05) is 39.0 Å². The largest absolute Gasteiger partial charge is 0.461 e. The normalized spacial score (nSPS) is 19.2. The second kappa shape index (κ2) is 7.50. The molecule has 0 saturated heterocycles. The van der Waals surface area contributed by atoms with E-state index >= 15 is 0 Å². The molecule has 3 rings (SSSR count). The molecular formula is C23H21N3O2. The summed E-state index contributed by atoms with van der Waals surface area (Å²) in [5.74, 6) is 2.79. The molecule has 0 radical (unpaired) electrons. The SMILES string of the molecule is [C-]#[N+]C(C#N)=C1C=C(C=CC=C2Oc3ccccc3N2C)OC(C(C)(C)C)=C1. The van der Waals surface area contributed by atoms with Crippen LogP contribution in [0.5, 0.6) is 5.75 Å². The van der Waals surface area contributed by atoms with E-state index in [-0.39, 0.29) is 11.1 Å². The molecule has 0 aromatic heterocycles. The summed E-state index contributed by atoms with van der Waals surface area (Å²) in [7, 11) is 1.94. The summed E-state index contributed by atoms with van der Waals surface area (Å²) in [4.78, 5) is 5.29. The molecule has 140 valence electrons. The number of ether oxygens (including phenoxy) is 2. The lowest BCUT2D eigenvalue weighted by molar-refractivity contribution is 0.223. The maximum atomic E-state index is 9.22. The minimum absolute atomic E-state index is 0.0450. The van der Waals surface area contributed by atoms with E-state index in [9.17, 15) is 5.26 Å². The van der Waals surface area contributed by atoms with Crippen LogP contribution in [0.3, 0.4) is 0 Å². The van der Waals surface area contributed by atoms with Crippen LogP contribution in [0.2, 0.25) is 0 Å². The molecule has 0 bridgehead atoms. The Morgan fingerprint density at radius 1 is 1.21 bits per heavy atom. The van der Waals surface area contributed by atoms with Crippen LogP contribution in [-0.2, 0) is 4.74 Å². The van der Waals surface area contributed by atoms with Gasteiger partial charge in [0.25, 0.3) is 5.70 Å². The van der Waals surface area contributed by atoms with E-state index in [0.717, 1.165) is 11.4 Å². The first kappa shape index (κ1) is 19.1. The van der Waals surface area contributed by atoms with Gasteiger partial charge in [0.2, 0.25) is 0 Å². The molecule has 2 aliphatic heterocycles. The van der Waals surface area contributed by atoms with Gasteiger partial charge in [0.05, 0.1) is 18.3 Å². The Kier molecular flexibility index (Phi) is 5.11. The fraction of sp³-hybridized carbons (Fsp3) is 0.217. The molecule has 0 aliphatic carbocycles. The molecule has 1 aromatic rings. The maximum absolute atomic E-state index is 9.22. The summed E-state index contributed by atoms with van der Waals surface area (Å²) >= 11 is 0. The lowest BCUT2D eigenvalue weighted by Gasteiger charge is -2.26. The number of benzene rings is 1. The molecule has 2 heterocycles. The first-order valence-electron chi connectivity index (χ1n) is 8.86. The van der Waals surface area contributed by atoms with Crippen LogP contribution in [0.4, 0.5) is 5.69 Å². The van der Waals surface area contributed by atoms with Gasteiger partial charge < -0.3 is 14.4 Å². The van der Waals surface area contributed by atoms with Gasteiger partial charge in [-0.15, -0.1) is 0 Å². The summed E-state index contributed by atoms with van der Waals surface area (Å²) < 4.78 is 11.8. The van der Waals surface area contributed by atoms with Gasteiger partial charge in [0.1, 0.15) is 11.5 Å². The molecule has 0 N–H and O–H groups in total. The van der Waals surface area contributed by atoms with Crippen molar-refractivity contribution in [2.45, 2.75) is 20.8 Å². The molecule has 0 amide bonds. The van der Waals surface area contributed by atoms with Gasteiger partial charge in [-0.3, -0.25) is 0 Å².